The molecule has 15 heavy (non-hydrogen) atoms. The van der Waals surface area contributed by atoms with Gasteiger partial charge in [0.2, 0.25) is 5.91 Å². The van der Waals surface area contributed by atoms with E-state index in [0.29, 0.717) is 4.75 Å². The maximum Gasteiger partial charge on any atom is 0.223 e. The number of hydrogen-bond donors (Lipinski definition) is 2. The van der Waals surface area contributed by atoms with Crippen LogP contribution in [0.1, 0.15) is 32.1 Å². The molecule has 0 aromatic heterocycles. The third kappa shape index (κ3) is 2.67. The molecule has 3 N–H and O–H groups in total. The highest BCUT2D eigenvalue weighted by molar-refractivity contribution is 8.00. The van der Waals surface area contributed by atoms with Gasteiger partial charge in [0.05, 0.1) is 0 Å². The van der Waals surface area contributed by atoms with Gasteiger partial charge in [-0.05, 0) is 38.4 Å². The fourth-order valence-corrected chi connectivity index (χ4v) is 2.97. The second-order valence-electron chi connectivity index (χ2n) is 4.87. The van der Waals surface area contributed by atoms with Crippen molar-refractivity contribution in [1.82, 2.24) is 5.32 Å². The SMILES string of the molecule is CSC1(CNC(=O)C2CCC(N)C2)CC1. The molecule has 3 nitrogen and oxygen atoms in total. The molecule has 2 fully saturated rings. The van der Waals surface area contributed by atoms with Crippen molar-refractivity contribution >= 4 is 17.7 Å². The summed E-state index contributed by atoms with van der Waals surface area (Å²) < 4.78 is 0.371. The second kappa shape index (κ2) is 4.34. The topological polar surface area (TPSA) is 55.1 Å². The molecule has 0 radical (unpaired) electrons. The van der Waals surface area contributed by atoms with E-state index in [0.717, 1.165) is 25.8 Å². The molecule has 2 atom stereocenters. The molecule has 0 heterocycles. The molecule has 2 saturated carbocycles. The summed E-state index contributed by atoms with van der Waals surface area (Å²) in [6.07, 6.45) is 7.48. The summed E-state index contributed by atoms with van der Waals surface area (Å²) in [7, 11) is 0. The van der Waals surface area contributed by atoms with Crippen molar-refractivity contribution in [3.63, 3.8) is 0 Å². The van der Waals surface area contributed by atoms with E-state index in [1.54, 1.807) is 0 Å². The van der Waals surface area contributed by atoms with Crippen LogP contribution in [0.3, 0.4) is 0 Å². The molecule has 4 heteroatoms. The van der Waals surface area contributed by atoms with E-state index in [-0.39, 0.29) is 17.9 Å². The first-order chi connectivity index (χ1) is 7.15. The Labute approximate surface area is 95.6 Å². The van der Waals surface area contributed by atoms with Crippen molar-refractivity contribution in [2.45, 2.75) is 42.9 Å². The Kier molecular flexibility index (Phi) is 3.26. The van der Waals surface area contributed by atoms with Crippen molar-refractivity contribution in [3.8, 4) is 0 Å². The van der Waals surface area contributed by atoms with E-state index in [9.17, 15) is 4.79 Å². The number of hydrogen-bond acceptors (Lipinski definition) is 3. The molecule has 86 valence electrons. The predicted molar refractivity (Wildman–Crippen MR) is 63.8 cm³/mol. The molecule has 2 rings (SSSR count). The number of carbonyl (C=O) groups is 1. The maximum absolute atomic E-state index is 11.8. The molecule has 0 bridgehead atoms. The maximum atomic E-state index is 11.8. The average molecular weight is 228 g/mol. The second-order valence-corrected chi connectivity index (χ2v) is 6.15. The third-order valence-corrected chi connectivity index (χ3v) is 5.09. The van der Waals surface area contributed by atoms with Gasteiger partial charge in [-0.25, -0.2) is 0 Å². The van der Waals surface area contributed by atoms with Crippen LogP contribution in [0.2, 0.25) is 0 Å². The van der Waals surface area contributed by atoms with Gasteiger partial charge in [0.1, 0.15) is 0 Å². The van der Waals surface area contributed by atoms with E-state index in [4.69, 9.17) is 5.73 Å². The molecule has 0 aromatic carbocycles. The molecular weight excluding hydrogens is 208 g/mol. The first-order valence-electron chi connectivity index (χ1n) is 5.74. The summed E-state index contributed by atoms with van der Waals surface area (Å²) in [4.78, 5) is 11.8. The summed E-state index contributed by atoms with van der Waals surface area (Å²) >= 11 is 1.88. The lowest BCUT2D eigenvalue weighted by molar-refractivity contribution is -0.124. The Morgan fingerprint density at radius 2 is 2.27 bits per heavy atom. The summed E-state index contributed by atoms with van der Waals surface area (Å²) in [5.74, 6) is 0.404. The van der Waals surface area contributed by atoms with Gasteiger partial charge in [-0.3, -0.25) is 4.79 Å². The number of nitrogens with one attached hydrogen (secondary N) is 1. The van der Waals surface area contributed by atoms with Gasteiger partial charge in [0.25, 0.3) is 0 Å². The zero-order valence-electron chi connectivity index (χ0n) is 9.29. The smallest absolute Gasteiger partial charge is 0.223 e. The minimum absolute atomic E-state index is 0.178. The Hall–Kier alpha value is -0.220. The predicted octanol–water partition coefficient (Wildman–Crippen LogP) is 1.13. The first kappa shape index (κ1) is 11.3. The van der Waals surface area contributed by atoms with Gasteiger partial charge in [0, 0.05) is 23.3 Å². The highest BCUT2D eigenvalue weighted by atomic mass is 32.2. The Bertz CT molecular complexity index is 253. The van der Waals surface area contributed by atoms with E-state index in [1.807, 2.05) is 11.8 Å². The van der Waals surface area contributed by atoms with E-state index in [2.05, 4.69) is 11.6 Å². The summed E-state index contributed by atoms with van der Waals surface area (Å²) in [6, 6.07) is 0.246. The minimum atomic E-state index is 0.178. The van der Waals surface area contributed by atoms with Crippen LogP contribution in [-0.2, 0) is 4.79 Å². The summed E-state index contributed by atoms with van der Waals surface area (Å²) in [5.41, 5.74) is 5.80. The van der Waals surface area contributed by atoms with Gasteiger partial charge in [-0.1, -0.05) is 0 Å². The van der Waals surface area contributed by atoms with Crippen molar-refractivity contribution in [2.75, 3.05) is 12.8 Å². The summed E-state index contributed by atoms with van der Waals surface area (Å²) in [6.45, 7) is 0.846. The monoisotopic (exact) mass is 228 g/mol. The van der Waals surface area contributed by atoms with Gasteiger partial charge >= 0.3 is 0 Å². The van der Waals surface area contributed by atoms with Crippen molar-refractivity contribution in [2.24, 2.45) is 11.7 Å². The standard InChI is InChI=1S/C11H20N2OS/c1-15-11(4-5-11)7-13-10(14)8-2-3-9(12)6-8/h8-9H,2-7,12H2,1H3,(H,13,14). The van der Waals surface area contributed by atoms with Crippen LogP contribution in [0.15, 0.2) is 0 Å². The van der Waals surface area contributed by atoms with Crippen LogP contribution in [0.4, 0.5) is 0 Å². The van der Waals surface area contributed by atoms with Crippen LogP contribution >= 0.6 is 11.8 Å². The summed E-state index contributed by atoms with van der Waals surface area (Å²) in [5, 5.41) is 3.08. The lowest BCUT2D eigenvalue weighted by Gasteiger charge is -2.15. The normalized spacial score (nSPS) is 32.7. The Morgan fingerprint density at radius 1 is 1.53 bits per heavy atom. The highest BCUT2D eigenvalue weighted by Gasteiger charge is 2.42. The van der Waals surface area contributed by atoms with Crippen LogP contribution in [0.5, 0.6) is 0 Å². The Morgan fingerprint density at radius 3 is 2.73 bits per heavy atom. The Balaban J connectivity index is 1.73. The molecule has 2 unspecified atom stereocenters. The van der Waals surface area contributed by atoms with Gasteiger partial charge in [0.15, 0.2) is 0 Å². The molecule has 0 aliphatic heterocycles. The van der Waals surface area contributed by atoms with Crippen molar-refractivity contribution in [3.05, 3.63) is 0 Å². The quantitative estimate of drug-likeness (QED) is 0.758. The van der Waals surface area contributed by atoms with E-state index >= 15 is 0 Å². The average Bonchev–Trinajstić information content (AvgIpc) is 2.90. The zero-order valence-corrected chi connectivity index (χ0v) is 10.1. The fraction of sp³-hybridized carbons (Fsp3) is 0.909. The first-order valence-corrected chi connectivity index (χ1v) is 6.96. The number of thioether (sulfide) groups is 1. The van der Waals surface area contributed by atoms with Gasteiger partial charge < -0.3 is 11.1 Å². The molecule has 0 saturated heterocycles. The lowest BCUT2D eigenvalue weighted by Crippen LogP contribution is -2.35. The molecule has 1 amide bonds. The minimum Gasteiger partial charge on any atom is -0.354 e. The number of rotatable bonds is 4. The van der Waals surface area contributed by atoms with Crippen molar-refractivity contribution < 1.29 is 4.79 Å². The fourth-order valence-electron chi connectivity index (χ4n) is 2.24. The third-order valence-electron chi connectivity index (χ3n) is 3.67. The number of nitrogens with two attached hydrogens (primary N) is 1. The van der Waals surface area contributed by atoms with E-state index < -0.39 is 0 Å². The molecule has 2 aliphatic rings. The molecule has 2 aliphatic carbocycles. The van der Waals surface area contributed by atoms with Crippen LogP contribution in [-0.4, -0.2) is 29.5 Å². The molecule has 0 aromatic rings. The van der Waals surface area contributed by atoms with Crippen LogP contribution in [0, 0.1) is 5.92 Å². The number of carbonyl (C=O) groups excluding carboxylic acids is 1. The van der Waals surface area contributed by atoms with Crippen LogP contribution < -0.4 is 11.1 Å². The van der Waals surface area contributed by atoms with Gasteiger partial charge in [-0.15, -0.1) is 0 Å². The van der Waals surface area contributed by atoms with E-state index in [1.165, 1.54) is 12.8 Å². The highest BCUT2D eigenvalue weighted by Crippen LogP contribution is 2.46. The molecule has 0 spiro atoms. The largest absolute Gasteiger partial charge is 0.354 e. The lowest BCUT2D eigenvalue weighted by atomic mass is 10.1. The van der Waals surface area contributed by atoms with Gasteiger partial charge in [-0.2, -0.15) is 11.8 Å². The van der Waals surface area contributed by atoms with Crippen molar-refractivity contribution in [1.29, 1.82) is 0 Å². The number of amides is 1. The van der Waals surface area contributed by atoms with Crippen LogP contribution in [0.25, 0.3) is 0 Å². The zero-order chi connectivity index (χ0) is 10.9. The molecular formula is C11H20N2OS.